The largest absolute Gasteiger partial charge is 0.356 e. The van der Waals surface area contributed by atoms with Gasteiger partial charge in [0.25, 0.3) is 0 Å². The molecule has 0 aliphatic carbocycles. The molecule has 3 atom stereocenters. The summed E-state index contributed by atoms with van der Waals surface area (Å²) in [5.74, 6) is 1.93. The maximum absolute atomic E-state index is 13.5. The van der Waals surface area contributed by atoms with Crippen molar-refractivity contribution in [3.63, 3.8) is 0 Å². The third kappa shape index (κ3) is 4.67. The molecular weight excluding hydrogens is 446 g/mol. The van der Waals surface area contributed by atoms with Crippen LogP contribution in [-0.4, -0.2) is 82.3 Å². The Labute approximate surface area is 205 Å². The molecule has 0 saturated carbocycles. The average Bonchev–Trinajstić information content (AvgIpc) is 3.21. The molecule has 1 aliphatic heterocycles. The number of fused-ring (bicyclic) bond motifs is 1. The van der Waals surface area contributed by atoms with Gasteiger partial charge in [0.05, 0.1) is 5.56 Å². The number of nitrogens with one attached hydrogen (secondary N) is 1. The van der Waals surface area contributed by atoms with Crippen molar-refractivity contribution in [2.45, 2.75) is 72.6 Å². The van der Waals surface area contributed by atoms with E-state index in [0.29, 0.717) is 54.7 Å². The van der Waals surface area contributed by atoms with E-state index >= 15 is 0 Å². The van der Waals surface area contributed by atoms with E-state index in [4.69, 9.17) is 4.98 Å². The Morgan fingerprint density at radius 3 is 2.31 bits per heavy atom. The highest BCUT2D eigenvalue weighted by Crippen LogP contribution is 2.27. The van der Waals surface area contributed by atoms with Crippen LogP contribution < -0.4 is 5.32 Å². The van der Waals surface area contributed by atoms with Gasteiger partial charge in [0, 0.05) is 51.0 Å². The summed E-state index contributed by atoms with van der Waals surface area (Å²) in [6.45, 7) is 13.0. The van der Waals surface area contributed by atoms with Gasteiger partial charge in [-0.15, -0.1) is 0 Å². The predicted molar refractivity (Wildman–Crippen MR) is 132 cm³/mol. The SMILES string of the molecule is CCC(Nc1ncnc2c1nc(-c1cnc(C)nc1)n2CC)C(=O)N1CC(C)N(C(C)=O)C(C)C1. The van der Waals surface area contributed by atoms with Gasteiger partial charge in [-0.1, -0.05) is 6.92 Å². The van der Waals surface area contributed by atoms with Gasteiger partial charge in [0.1, 0.15) is 24.0 Å². The second kappa shape index (κ2) is 9.93. The second-order valence-electron chi connectivity index (χ2n) is 9.07. The zero-order valence-electron chi connectivity index (χ0n) is 21.2. The number of amides is 2. The van der Waals surface area contributed by atoms with Crippen LogP contribution in [0.5, 0.6) is 0 Å². The quantitative estimate of drug-likeness (QED) is 0.571. The Morgan fingerprint density at radius 2 is 1.74 bits per heavy atom. The van der Waals surface area contributed by atoms with Crippen LogP contribution >= 0.6 is 0 Å². The number of imidazole rings is 1. The molecule has 0 radical (unpaired) electrons. The first kappa shape index (κ1) is 24.5. The van der Waals surface area contributed by atoms with Crippen molar-refractivity contribution in [1.82, 2.24) is 39.3 Å². The van der Waals surface area contributed by atoms with E-state index in [1.165, 1.54) is 6.33 Å². The molecular formula is C24H33N9O2. The van der Waals surface area contributed by atoms with E-state index < -0.39 is 6.04 Å². The van der Waals surface area contributed by atoms with Crippen molar-refractivity contribution in [3.8, 4) is 11.4 Å². The fraction of sp³-hybridized carbons (Fsp3) is 0.542. The summed E-state index contributed by atoms with van der Waals surface area (Å²) in [6, 6.07) is -0.555. The van der Waals surface area contributed by atoms with E-state index in [0.717, 1.165) is 5.56 Å². The number of piperazine rings is 1. The summed E-state index contributed by atoms with van der Waals surface area (Å²) in [4.78, 5) is 51.5. The first-order chi connectivity index (χ1) is 16.7. The van der Waals surface area contributed by atoms with Crippen LogP contribution in [-0.2, 0) is 16.1 Å². The van der Waals surface area contributed by atoms with Crippen LogP contribution in [0.1, 0.15) is 46.9 Å². The Morgan fingerprint density at radius 1 is 1.09 bits per heavy atom. The molecule has 1 N–H and O–H groups in total. The zero-order valence-corrected chi connectivity index (χ0v) is 21.2. The summed E-state index contributed by atoms with van der Waals surface area (Å²) in [6.07, 6.45) is 5.56. The molecule has 0 bridgehead atoms. The van der Waals surface area contributed by atoms with Gasteiger partial charge in [-0.2, -0.15) is 0 Å². The van der Waals surface area contributed by atoms with Gasteiger partial charge in [0.15, 0.2) is 17.0 Å². The maximum atomic E-state index is 13.5. The molecule has 4 rings (SSSR count). The van der Waals surface area contributed by atoms with Gasteiger partial charge in [-0.25, -0.2) is 24.9 Å². The van der Waals surface area contributed by atoms with Gasteiger partial charge in [-0.05, 0) is 34.1 Å². The van der Waals surface area contributed by atoms with E-state index in [-0.39, 0.29) is 23.9 Å². The molecule has 186 valence electrons. The van der Waals surface area contributed by atoms with E-state index in [2.05, 4.69) is 25.3 Å². The van der Waals surface area contributed by atoms with Crippen molar-refractivity contribution in [3.05, 3.63) is 24.5 Å². The fourth-order valence-corrected chi connectivity index (χ4v) is 4.92. The highest BCUT2D eigenvalue weighted by atomic mass is 16.2. The normalized spacial score (nSPS) is 19.1. The van der Waals surface area contributed by atoms with Crippen LogP contribution in [0.4, 0.5) is 5.82 Å². The van der Waals surface area contributed by atoms with Crippen molar-refractivity contribution in [1.29, 1.82) is 0 Å². The Balaban J connectivity index is 1.62. The molecule has 2 amide bonds. The smallest absolute Gasteiger partial charge is 0.245 e. The summed E-state index contributed by atoms with van der Waals surface area (Å²) >= 11 is 0. The molecule has 4 heterocycles. The number of carbonyl (C=O) groups excluding carboxylic acids is 2. The highest BCUT2D eigenvalue weighted by molar-refractivity contribution is 5.90. The molecule has 11 nitrogen and oxygen atoms in total. The minimum Gasteiger partial charge on any atom is -0.356 e. The van der Waals surface area contributed by atoms with Crippen LogP contribution in [0.25, 0.3) is 22.6 Å². The minimum absolute atomic E-state index is 0.0109. The fourth-order valence-electron chi connectivity index (χ4n) is 4.92. The molecule has 35 heavy (non-hydrogen) atoms. The van der Waals surface area contributed by atoms with Crippen LogP contribution in [0, 0.1) is 6.92 Å². The van der Waals surface area contributed by atoms with E-state index in [1.807, 2.05) is 49.0 Å². The molecule has 3 unspecified atom stereocenters. The molecule has 1 aliphatic rings. The van der Waals surface area contributed by atoms with Gasteiger partial charge < -0.3 is 19.7 Å². The first-order valence-corrected chi connectivity index (χ1v) is 12.1. The average molecular weight is 480 g/mol. The Bertz CT molecular complexity index is 1210. The van der Waals surface area contributed by atoms with Crippen molar-refractivity contribution >= 4 is 28.8 Å². The number of anilines is 1. The maximum Gasteiger partial charge on any atom is 0.245 e. The number of rotatable bonds is 6. The summed E-state index contributed by atoms with van der Waals surface area (Å²) in [5, 5.41) is 3.33. The minimum atomic E-state index is -0.477. The number of hydrogen-bond acceptors (Lipinski definition) is 8. The van der Waals surface area contributed by atoms with Gasteiger partial charge >= 0.3 is 0 Å². The molecule has 0 aromatic carbocycles. The third-order valence-electron chi connectivity index (χ3n) is 6.50. The van der Waals surface area contributed by atoms with Gasteiger partial charge in [0.2, 0.25) is 11.8 Å². The molecule has 0 spiro atoms. The summed E-state index contributed by atoms with van der Waals surface area (Å²) < 4.78 is 1.99. The van der Waals surface area contributed by atoms with E-state index in [1.54, 1.807) is 19.3 Å². The van der Waals surface area contributed by atoms with Crippen molar-refractivity contribution in [2.24, 2.45) is 0 Å². The second-order valence-corrected chi connectivity index (χ2v) is 9.07. The van der Waals surface area contributed by atoms with Crippen molar-refractivity contribution in [2.75, 3.05) is 18.4 Å². The lowest BCUT2D eigenvalue weighted by Crippen LogP contribution is -2.61. The number of aromatic nitrogens is 6. The lowest BCUT2D eigenvalue weighted by atomic mass is 10.1. The summed E-state index contributed by atoms with van der Waals surface area (Å²) in [5.41, 5.74) is 2.07. The third-order valence-corrected chi connectivity index (χ3v) is 6.50. The zero-order chi connectivity index (χ0) is 25.3. The van der Waals surface area contributed by atoms with Crippen molar-refractivity contribution < 1.29 is 9.59 Å². The molecule has 1 saturated heterocycles. The van der Waals surface area contributed by atoms with Crippen LogP contribution in [0.3, 0.4) is 0 Å². The molecule has 3 aromatic rings. The van der Waals surface area contributed by atoms with Crippen LogP contribution in [0.15, 0.2) is 18.7 Å². The monoisotopic (exact) mass is 479 g/mol. The van der Waals surface area contributed by atoms with E-state index in [9.17, 15) is 9.59 Å². The summed E-state index contributed by atoms with van der Waals surface area (Å²) in [7, 11) is 0. The first-order valence-electron chi connectivity index (χ1n) is 12.1. The topological polar surface area (TPSA) is 122 Å². The highest BCUT2D eigenvalue weighted by Gasteiger charge is 2.35. The molecule has 3 aromatic heterocycles. The predicted octanol–water partition coefficient (Wildman–Crippen LogP) is 2.27. The Hall–Kier alpha value is -3.63. The van der Waals surface area contributed by atoms with Gasteiger partial charge in [-0.3, -0.25) is 9.59 Å². The number of aryl methyl sites for hydroxylation is 2. The van der Waals surface area contributed by atoms with Crippen LogP contribution in [0.2, 0.25) is 0 Å². The number of nitrogens with zero attached hydrogens (tertiary/aromatic N) is 8. The lowest BCUT2D eigenvalue weighted by molar-refractivity contribution is -0.145. The standard InChI is InChI=1S/C24H33N9O2/c1-7-19(24(35)31-11-14(3)33(17(6)34)15(4)12-31)29-21-20-23(28-13-27-21)32(8-2)22(30-20)18-9-25-16(5)26-10-18/h9-10,13-15,19H,7-8,11-12H2,1-6H3,(H,27,28,29). The number of hydrogen-bond donors (Lipinski definition) is 1. The molecule has 11 heteroatoms. The number of carbonyl (C=O) groups is 2. The lowest BCUT2D eigenvalue weighted by Gasteiger charge is -2.44. The molecule has 1 fully saturated rings. The Kier molecular flexibility index (Phi) is 6.95.